The van der Waals surface area contributed by atoms with Crippen LogP contribution in [0.3, 0.4) is 0 Å². The Labute approximate surface area is 182 Å². The number of hydrogen-bond donors (Lipinski definition) is 3. The molecule has 1 amide bonds. The van der Waals surface area contributed by atoms with E-state index in [9.17, 15) is 9.59 Å². The average molecular weight is 443 g/mol. The van der Waals surface area contributed by atoms with Crippen molar-refractivity contribution in [2.75, 3.05) is 31.5 Å². The van der Waals surface area contributed by atoms with E-state index in [1.807, 2.05) is 19.1 Å². The quantitative estimate of drug-likeness (QED) is 0.595. The van der Waals surface area contributed by atoms with Crippen molar-refractivity contribution in [3.8, 4) is 0 Å². The standard InChI is InChI=1S/C20H26N4O3.2ClH/c1-13-10-17(15-4-3-6-21-12-15)27-20(26)18(13)19(25)24-9-8-23-16-5-7-22-11-14(16)2;;/h5,7,10-11,15,21H,3-4,6,8-9,12H2,1-2H3,(H,22,23)(H,24,25);2*1H. The van der Waals surface area contributed by atoms with Crippen molar-refractivity contribution in [1.82, 2.24) is 15.6 Å². The van der Waals surface area contributed by atoms with Gasteiger partial charge in [-0.25, -0.2) is 4.79 Å². The molecule has 1 unspecified atom stereocenters. The van der Waals surface area contributed by atoms with Gasteiger partial charge in [0.1, 0.15) is 11.3 Å². The fraction of sp³-hybridized carbons (Fsp3) is 0.450. The van der Waals surface area contributed by atoms with E-state index in [-0.39, 0.29) is 36.3 Å². The normalized spacial score (nSPS) is 15.6. The topological polar surface area (TPSA) is 96.3 Å². The molecule has 1 atom stereocenters. The molecule has 0 spiro atoms. The maximum atomic E-state index is 12.4. The van der Waals surface area contributed by atoms with Crippen LogP contribution in [0, 0.1) is 13.8 Å². The number of rotatable bonds is 6. The zero-order valence-corrected chi connectivity index (χ0v) is 18.3. The van der Waals surface area contributed by atoms with Crippen LogP contribution in [0.1, 0.15) is 46.0 Å². The Kier molecular flexibility index (Phi) is 10.2. The number of carbonyl (C=O) groups is 1. The first-order valence-electron chi connectivity index (χ1n) is 9.34. The number of anilines is 1. The Hall–Kier alpha value is -2.09. The fourth-order valence-corrected chi connectivity index (χ4v) is 3.34. The van der Waals surface area contributed by atoms with Crippen molar-refractivity contribution in [2.45, 2.75) is 32.6 Å². The van der Waals surface area contributed by atoms with Crippen LogP contribution < -0.4 is 21.6 Å². The van der Waals surface area contributed by atoms with Crippen molar-refractivity contribution in [1.29, 1.82) is 0 Å². The number of nitrogens with zero attached hydrogens (tertiary/aromatic N) is 1. The van der Waals surface area contributed by atoms with Gasteiger partial charge in [-0.2, -0.15) is 0 Å². The molecule has 1 saturated heterocycles. The second kappa shape index (κ2) is 11.8. The van der Waals surface area contributed by atoms with Gasteiger partial charge in [0.2, 0.25) is 0 Å². The Morgan fingerprint density at radius 1 is 1.28 bits per heavy atom. The molecular weight excluding hydrogens is 415 g/mol. The maximum Gasteiger partial charge on any atom is 0.349 e. The maximum absolute atomic E-state index is 12.4. The molecule has 0 aliphatic carbocycles. The van der Waals surface area contributed by atoms with E-state index in [0.29, 0.717) is 24.4 Å². The largest absolute Gasteiger partial charge is 0.427 e. The highest BCUT2D eigenvalue weighted by Crippen LogP contribution is 2.23. The summed E-state index contributed by atoms with van der Waals surface area (Å²) in [5.41, 5.74) is 2.18. The Balaban J connectivity index is 0.00000210. The minimum atomic E-state index is -0.564. The third-order valence-corrected chi connectivity index (χ3v) is 4.84. The van der Waals surface area contributed by atoms with E-state index in [1.165, 1.54) is 0 Å². The van der Waals surface area contributed by atoms with Crippen LogP contribution in [0.25, 0.3) is 0 Å². The summed E-state index contributed by atoms with van der Waals surface area (Å²) in [6.45, 7) is 6.48. The summed E-state index contributed by atoms with van der Waals surface area (Å²) in [6.07, 6.45) is 5.53. The van der Waals surface area contributed by atoms with Gasteiger partial charge in [0.15, 0.2) is 0 Å². The molecule has 3 heterocycles. The van der Waals surface area contributed by atoms with Crippen molar-refractivity contribution in [2.24, 2.45) is 0 Å². The first-order chi connectivity index (χ1) is 13.1. The summed E-state index contributed by atoms with van der Waals surface area (Å²) in [6, 6.07) is 3.71. The molecule has 0 bridgehead atoms. The number of aromatic nitrogens is 1. The second-order valence-corrected chi connectivity index (χ2v) is 6.91. The number of pyridine rings is 1. The fourth-order valence-electron chi connectivity index (χ4n) is 3.34. The van der Waals surface area contributed by atoms with Crippen molar-refractivity contribution < 1.29 is 9.21 Å². The average Bonchev–Trinajstić information content (AvgIpc) is 2.66. The van der Waals surface area contributed by atoms with Crippen LogP contribution in [-0.2, 0) is 0 Å². The third-order valence-electron chi connectivity index (χ3n) is 4.84. The van der Waals surface area contributed by atoms with Crippen molar-refractivity contribution >= 4 is 36.4 Å². The zero-order chi connectivity index (χ0) is 19.2. The van der Waals surface area contributed by atoms with E-state index in [0.717, 1.165) is 37.2 Å². The molecule has 3 rings (SSSR count). The van der Waals surface area contributed by atoms with E-state index in [1.54, 1.807) is 19.3 Å². The molecule has 0 radical (unpaired) electrons. The molecule has 1 fully saturated rings. The van der Waals surface area contributed by atoms with Gasteiger partial charge in [0.25, 0.3) is 5.91 Å². The Morgan fingerprint density at radius 3 is 2.72 bits per heavy atom. The smallest absolute Gasteiger partial charge is 0.349 e. The van der Waals surface area contributed by atoms with Gasteiger partial charge in [-0.1, -0.05) is 0 Å². The minimum Gasteiger partial charge on any atom is -0.427 e. The molecule has 1 aliphatic heterocycles. The highest BCUT2D eigenvalue weighted by molar-refractivity contribution is 5.95. The van der Waals surface area contributed by atoms with Gasteiger partial charge < -0.3 is 20.4 Å². The van der Waals surface area contributed by atoms with Crippen LogP contribution in [0.15, 0.2) is 33.7 Å². The van der Waals surface area contributed by atoms with Crippen LogP contribution in [0.2, 0.25) is 0 Å². The van der Waals surface area contributed by atoms with Crippen LogP contribution in [0.4, 0.5) is 5.69 Å². The van der Waals surface area contributed by atoms with Crippen LogP contribution >= 0.6 is 24.8 Å². The molecule has 2 aromatic rings. The summed E-state index contributed by atoms with van der Waals surface area (Å²) in [7, 11) is 0. The molecule has 0 aromatic carbocycles. The molecular formula is C20H28Cl2N4O3. The predicted molar refractivity (Wildman–Crippen MR) is 119 cm³/mol. The van der Waals surface area contributed by atoms with E-state index in [4.69, 9.17) is 4.42 Å². The highest BCUT2D eigenvalue weighted by atomic mass is 35.5. The lowest BCUT2D eigenvalue weighted by Crippen LogP contribution is -2.34. The number of piperidine rings is 1. The summed E-state index contributed by atoms with van der Waals surface area (Å²) in [5, 5.41) is 9.33. The summed E-state index contributed by atoms with van der Waals surface area (Å²) in [5.74, 6) is 0.453. The van der Waals surface area contributed by atoms with Crippen molar-refractivity contribution in [3.05, 3.63) is 57.4 Å². The van der Waals surface area contributed by atoms with Gasteiger partial charge in [0.05, 0.1) is 0 Å². The van der Waals surface area contributed by atoms with Gasteiger partial charge >= 0.3 is 5.63 Å². The molecule has 1 aliphatic rings. The zero-order valence-electron chi connectivity index (χ0n) is 16.6. The number of nitrogens with one attached hydrogen (secondary N) is 3. The van der Waals surface area contributed by atoms with Gasteiger partial charge in [0, 0.05) is 43.6 Å². The van der Waals surface area contributed by atoms with E-state index in [2.05, 4.69) is 20.9 Å². The first kappa shape index (κ1) is 24.9. The molecule has 0 saturated carbocycles. The lowest BCUT2D eigenvalue weighted by atomic mass is 9.95. The number of aryl methyl sites for hydroxylation is 2. The summed E-state index contributed by atoms with van der Waals surface area (Å²) in [4.78, 5) is 28.8. The molecule has 29 heavy (non-hydrogen) atoms. The van der Waals surface area contributed by atoms with Gasteiger partial charge in [-0.05, 0) is 56.5 Å². The molecule has 7 nitrogen and oxygen atoms in total. The summed E-state index contributed by atoms with van der Waals surface area (Å²) < 4.78 is 5.46. The van der Waals surface area contributed by atoms with E-state index < -0.39 is 11.5 Å². The lowest BCUT2D eigenvalue weighted by Gasteiger charge is -2.22. The third kappa shape index (κ3) is 6.45. The van der Waals surface area contributed by atoms with Gasteiger partial charge in [-0.3, -0.25) is 9.78 Å². The number of halogens is 2. The highest BCUT2D eigenvalue weighted by Gasteiger charge is 2.22. The molecule has 2 aromatic heterocycles. The van der Waals surface area contributed by atoms with E-state index >= 15 is 0 Å². The number of hydrogen-bond acceptors (Lipinski definition) is 6. The molecule has 9 heteroatoms. The Morgan fingerprint density at radius 2 is 2.07 bits per heavy atom. The number of carbonyl (C=O) groups excluding carboxylic acids is 1. The predicted octanol–water partition coefficient (Wildman–Crippen LogP) is 2.80. The van der Waals surface area contributed by atoms with Gasteiger partial charge in [-0.15, -0.1) is 24.8 Å². The SMILES string of the molecule is Cc1cnccc1NCCNC(=O)c1c(C)cc(C2CCCNC2)oc1=O.Cl.Cl. The van der Waals surface area contributed by atoms with Crippen molar-refractivity contribution in [3.63, 3.8) is 0 Å². The molecule has 3 N–H and O–H groups in total. The minimum absolute atomic E-state index is 0. The summed E-state index contributed by atoms with van der Waals surface area (Å²) >= 11 is 0. The second-order valence-electron chi connectivity index (χ2n) is 6.91. The molecule has 160 valence electrons. The Bertz CT molecular complexity index is 867. The lowest BCUT2D eigenvalue weighted by molar-refractivity contribution is 0.0950. The van der Waals surface area contributed by atoms with Crippen LogP contribution in [-0.4, -0.2) is 37.1 Å². The number of amides is 1. The first-order valence-corrected chi connectivity index (χ1v) is 9.34. The monoisotopic (exact) mass is 442 g/mol. The van der Waals surface area contributed by atoms with Crippen LogP contribution in [0.5, 0.6) is 0 Å².